The monoisotopic (exact) mass is 270 g/mol. The topological polar surface area (TPSA) is 63.4 Å². The number of piperidine rings is 1. The van der Waals surface area contributed by atoms with Crippen molar-refractivity contribution in [1.29, 1.82) is 0 Å². The fourth-order valence-electron chi connectivity index (χ4n) is 1.86. The quantitative estimate of drug-likeness (QED) is 0.791. The van der Waals surface area contributed by atoms with Gasteiger partial charge in [-0.05, 0) is 38.4 Å². The Balaban J connectivity index is 0.00000225. The van der Waals surface area contributed by atoms with E-state index in [9.17, 15) is 8.42 Å². The van der Waals surface area contributed by atoms with Crippen LogP contribution in [0.1, 0.15) is 19.8 Å². The Hall–Kier alpha value is 0.160. The lowest BCUT2D eigenvalue weighted by atomic mass is 9.97. The summed E-state index contributed by atoms with van der Waals surface area (Å²) >= 11 is 0. The highest BCUT2D eigenvalue weighted by Gasteiger charge is 2.19. The molecule has 1 saturated heterocycles. The zero-order valence-electron chi connectivity index (χ0n) is 9.89. The second-order valence-corrected chi connectivity index (χ2v) is 6.73. The van der Waals surface area contributed by atoms with Crippen LogP contribution in [0.15, 0.2) is 0 Å². The molecule has 0 aliphatic carbocycles. The summed E-state index contributed by atoms with van der Waals surface area (Å²) < 4.78 is 22.6. The number of hydrogen-bond acceptors (Lipinski definition) is 4. The van der Waals surface area contributed by atoms with Crippen LogP contribution in [-0.2, 0) is 9.84 Å². The van der Waals surface area contributed by atoms with Crippen molar-refractivity contribution < 1.29 is 8.42 Å². The molecule has 1 fully saturated rings. The van der Waals surface area contributed by atoms with E-state index < -0.39 is 9.84 Å². The van der Waals surface area contributed by atoms with Crippen molar-refractivity contribution in [1.82, 2.24) is 4.90 Å². The third-order valence-electron chi connectivity index (χ3n) is 3.20. The molecule has 0 amide bonds. The smallest absolute Gasteiger partial charge is 0.151 e. The summed E-state index contributed by atoms with van der Waals surface area (Å²) in [6.45, 7) is 5.16. The zero-order valence-corrected chi connectivity index (χ0v) is 11.5. The molecule has 0 spiro atoms. The lowest BCUT2D eigenvalue weighted by molar-refractivity contribution is 0.196. The van der Waals surface area contributed by atoms with Gasteiger partial charge in [-0.25, -0.2) is 8.42 Å². The van der Waals surface area contributed by atoms with Crippen LogP contribution in [0.5, 0.6) is 0 Å². The molecule has 1 aliphatic heterocycles. The molecule has 0 aromatic carbocycles. The van der Waals surface area contributed by atoms with Crippen molar-refractivity contribution in [3.8, 4) is 0 Å². The second kappa shape index (κ2) is 7.48. The van der Waals surface area contributed by atoms with E-state index in [-0.39, 0.29) is 18.2 Å². The van der Waals surface area contributed by atoms with Crippen LogP contribution in [0.4, 0.5) is 0 Å². The van der Waals surface area contributed by atoms with Gasteiger partial charge >= 0.3 is 0 Å². The standard InChI is InChI=1S/C10H22N2O2S.ClH/c1-2-15(13,14)8-7-12-5-3-10(9-11)4-6-12;/h10H,2-9,11H2,1H3;1H. The van der Waals surface area contributed by atoms with E-state index in [1.54, 1.807) is 6.92 Å². The normalized spacial score (nSPS) is 19.4. The van der Waals surface area contributed by atoms with Crippen LogP contribution >= 0.6 is 12.4 Å². The molecule has 4 nitrogen and oxygen atoms in total. The van der Waals surface area contributed by atoms with Gasteiger partial charge in [-0.15, -0.1) is 12.4 Å². The molecule has 0 atom stereocenters. The number of halogens is 1. The first-order chi connectivity index (χ1) is 7.07. The van der Waals surface area contributed by atoms with Crippen LogP contribution in [-0.4, -0.2) is 51.0 Å². The minimum Gasteiger partial charge on any atom is -0.330 e. The molecule has 0 bridgehead atoms. The number of sulfone groups is 1. The molecule has 1 rings (SSSR count). The van der Waals surface area contributed by atoms with Gasteiger partial charge in [0.25, 0.3) is 0 Å². The molecule has 0 aromatic heterocycles. The van der Waals surface area contributed by atoms with Crippen molar-refractivity contribution in [2.24, 2.45) is 11.7 Å². The van der Waals surface area contributed by atoms with E-state index in [0.717, 1.165) is 32.5 Å². The molecule has 0 radical (unpaired) electrons. The minimum absolute atomic E-state index is 0. The predicted molar refractivity (Wildman–Crippen MR) is 69.8 cm³/mol. The van der Waals surface area contributed by atoms with Crippen molar-refractivity contribution in [3.63, 3.8) is 0 Å². The summed E-state index contributed by atoms with van der Waals surface area (Å²) in [5.74, 6) is 1.20. The summed E-state index contributed by atoms with van der Waals surface area (Å²) in [6.07, 6.45) is 2.23. The SMILES string of the molecule is CCS(=O)(=O)CCN1CCC(CN)CC1.Cl. The molecule has 98 valence electrons. The predicted octanol–water partition coefficient (Wildman–Crippen LogP) is 0.514. The van der Waals surface area contributed by atoms with Gasteiger partial charge in [-0.3, -0.25) is 0 Å². The first-order valence-corrected chi connectivity index (χ1v) is 7.52. The van der Waals surface area contributed by atoms with Crippen LogP contribution in [0, 0.1) is 5.92 Å². The van der Waals surface area contributed by atoms with Crippen molar-refractivity contribution in [2.45, 2.75) is 19.8 Å². The van der Waals surface area contributed by atoms with Crippen molar-refractivity contribution in [3.05, 3.63) is 0 Å². The van der Waals surface area contributed by atoms with E-state index in [1.807, 2.05) is 0 Å². The van der Waals surface area contributed by atoms with Crippen LogP contribution in [0.25, 0.3) is 0 Å². The van der Waals surface area contributed by atoms with Gasteiger partial charge in [0.15, 0.2) is 9.84 Å². The van der Waals surface area contributed by atoms with Gasteiger partial charge in [-0.2, -0.15) is 0 Å². The third kappa shape index (κ3) is 5.48. The maximum absolute atomic E-state index is 11.3. The van der Waals surface area contributed by atoms with Crippen LogP contribution < -0.4 is 5.73 Å². The Labute approximate surface area is 105 Å². The Morgan fingerprint density at radius 3 is 2.31 bits per heavy atom. The van der Waals surface area contributed by atoms with E-state index in [2.05, 4.69) is 4.90 Å². The molecule has 2 N–H and O–H groups in total. The summed E-state index contributed by atoms with van der Waals surface area (Å²) in [7, 11) is -2.80. The van der Waals surface area contributed by atoms with E-state index in [4.69, 9.17) is 5.73 Å². The van der Waals surface area contributed by atoms with Gasteiger partial charge in [0.2, 0.25) is 0 Å². The maximum atomic E-state index is 11.3. The Bertz CT molecular complexity index is 275. The molecule has 16 heavy (non-hydrogen) atoms. The maximum Gasteiger partial charge on any atom is 0.151 e. The average Bonchev–Trinajstić information content (AvgIpc) is 2.27. The summed E-state index contributed by atoms with van der Waals surface area (Å²) in [5.41, 5.74) is 5.60. The number of likely N-dealkylation sites (tertiary alicyclic amines) is 1. The average molecular weight is 271 g/mol. The highest BCUT2D eigenvalue weighted by atomic mass is 35.5. The largest absolute Gasteiger partial charge is 0.330 e. The molecular weight excluding hydrogens is 248 g/mol. The second-order valence-electron chi connectivity index (χ2n) is 4.26. The van der Waals surface area contributed by atoms with Gasteiger partial charge in [0.05, 0.1) is 5.75 Å². The Kier molecular flexibility index (Phi) is 7.55. The van der Waals surface area contributed by atoms with Gasteiger partial charge < -0.3 is 10.6 Å². The molecule has 6 heteroatoms. The summed E-state index contributed by atoms with van der Waals surface area (Å²) in [4.78, 5) is 2.24. The number of nitrogens with zero attached hydrogens (tertiary/aromatic N) is 1. The molecule has 0 unspecified atom stereocenters. The van der Waals surface area contributed by atoms with E-state index >= 15 is 0 Å². The lowest BCUT2D eigenvalue weighted by Gasteiger charge is -2.31. The van der Waals surface area contributed by atoms with Gasteiger partial charge in [0, 0.05) is 12.3 Å². The van der Waals surface area contributed by atoms with Crippen molar-refractivity contribution in [2.75, 3.05) is 37.7 Å². The molecular formula is C10H23ClN2O2S. The van der Waals surface area contributed by atoms with E-state index in [1.165, 1.54) is 0 Å². The number of rotatable bonds is 5. The molecule has 0 saturated carbocycles. The Morgan fingerprint density at radius 1 is 1.31 bits per heavy atom. The fourth-order valence-corrected chi connectivity index (χ4v) is 2.68. The summed E-state index contributed by atoms with van der Waals surface area (Å²) in [6, 6.07) is 0. The van der Waals surface area contributed by atoms with E-state index in [0.29, 0.717) is 18.2 Å². The minimum atomic E-state index is -2.80. The first kappa shape index (κ1) is 16.2. The number of nitrogens with two attached hydrogens (primary N) is 1. The fraction of sp³-hybridized carbons (Fsp3) is 1.00. The molecule has 0 aromatic rings. The Morgan fingerprint density at radius 2 is 1.88 bits per heavy atom. The zero-order chi connectivity index (χ0) is 11.3. The van der Waals surface area contributed by atoms with Crippen LogP contribution in [0.3, 0.4) is 0 Å². The molecule has 1 aliphatic rings. The summed E-state index contributed by atoms with van der Waals surface area (Å²) in [5, 5.41) is 0. The highest BCUT2D eigenvalue weighted by Crippen LogP contribution is 2.15. The number of hydrogen-bond donors (Lipinski definition) is 1. The third-order valence-corrected chi connectivity index (χ3v) is 4.88. The highest BCUT2D eigenvalue weighted by molar-refractivity contribution is 7.91. The first-order valence-electron chi connectivity index (χ1n) is 5.70. The van der Waals surface area contributed by atoms with Crippen molar-refractivity contribution >= 4 is 22.2 Å². The van der Waals surface area contributed by atoms with Crippen LogP contribution in [0.2, 0.25) is 0 Å². The molecule has 1 heterocycles. The van der Waals surface area contributed by atoms with Gasteiger partial charge in [-0.1, -0.05) is 6.92 Å². The lowest BCUT2D eigenvalue weighted by Crippen LogP contribution is -2.38. The van der Waals surface area contributed by atoms with Gasteiger partial charge in [0.1, 0.15) is 0 Å².